The molecule has 0 aliphatic carbocycles. The summed E-state index contributed by atoms with van der Waals surface area (Å²) in [6.45, 7) is 1.88. The number of nitrogens with zero attached hydrogens (tertiary/aromatic N) is 3. The number of piperidine rings is 1. The first-order valence-corrected chi connectivity index (χ1v) is 11.0. The summed E-state index contributed by atoms with van der Waals surface area (Å²) in [5, 5.41) is 3.62. The van der Waals surface area contributed by atoms with Crippen LogP contribution in [0.15, 0.2) is 36.4 Å². The van der Waals surface area contributed by atoms with Crippen LogP contribution in [-0.4, -0.2) is 60.0 Å². The maximum Gasteiger partial charge on any atom is 0.254 e. The number of rotatable bonds is 3. The van der Waals surface area contributed by atoms with E-state index in [1.54, 1.807) is 9.91 Å². The number of carbonyl (C=O) groups is 2. The van der Waals surface area contributed by atoms with Gasteiger partial charge in [0.2, 0.25) is 5.91 Å². The lowest BCUT2D eigenvalue weighted by Gasteiger charge is -2.38. The predicted molar refractivity (Wildman–Crippen MR) is 113 cm³/mol. The Labute approximate surface area is 189 Å². The van der Waals surface area contributed by atoms with Crippen molar-refractivity contribution in [1.82, 2.24) is 14.9 Å². The SMILES string of the molecule is COc1cc(F)cc(C(=O)N2CCC3(CC2)CN2CC[C@@H](c4cc(F)cc(F)c4)N2C3=O)c1. The summed E-state index contributed by atoms with van der Waals surface area (Å²) in [4.78, 5) is 28.1. The molecule has 3 saturated heterocycles. The number of fused-ring (bicyclic) bond motifs is 1. The zero-order chi connectivity index (χ0) is 23.3. The van der Waals surface area contributed by atoms with E-state index in [2.05, 4.69) is 0 Å². The molecular formula is C24H24F3N3O3. The van der Waals surface area contributed by atoms with Crippen molar-refractivity contribution >= 4 is 11.8 Å². The van der Waals surface area contributed by atoms with Crippen molar-refractivity contribution in [2.75, 3.05) is 33.3 Å². The molecule has 6 nitrogen and oxygen atoms in total. The number of ether oxygens (including phenoxy) is 1. The molecule has 2 aromatic rings. The van der Waals surface area contributed by atoms with Crippen LogP contribution in [0.3, 0.4) is 0 Å². The first kappa shape index (κ1) is 21.8. The fourth-order valence-electron chi connectivity index (χ4n) is 5.36. The van der Waals surface area contributed by atoms with Crippen molar-refractivity contribution in [3.63, 3.8) is 0 Å². The van der Waals surface area contributed by atoms with Crippen molar-refractivity contribution in [2.24, 2.45) is 5.41 Å². The van der Waals surface area contributed by atoms with E-state index >= 15 is 0 Å². The monoisotopic (exact) mass is 459 g/mol. The lowest BCUT2D eigenvalue weighted by atomic mass is 9.77. The van der Waals surface area contributed by atoms with Gasteiger partial charge in [-0.15, -0.1) is 0 Å². The first-order valence-electron chi connectivity index (χ1n) is 11.0. The lowest BCUT2D eigenvalue weighted by Crippen LogP contribution is -2.48. The number of amides is 2. The van der Waals surface area contributed by atoms with Crippen LogP contribution in [-0.2, 0) is 4.79 Å². The Morgan fingerprint density at radius 1 is 0.970 bits per heavy atom. The molecule has 174 valence electrons. The van der Waals surface area contributed by atoms with Crippen LogP contribution >= 0.6 is 0 Å². The maximum atomic E-state index is 13.8. The van der Waals surface area contributed by atoms with E-state index in [-0.39, 0.29) is 23.1 Å². The summed E-state index contributed by atoms with van der Waals surface area (Å²) in [7, 11) is 1.41. The summed E-state index contributed by atoms with van der Waals surface area (Å²) < 4.78 is 46.4. The molecule has 0 aromatic heterocycles. The molecule has 33 heavy (non-hydrogen) atoms. The van der Waals surface area contributed by atoms with E-state index in [9.17, 15) is 22.8 Å². The van der Waals surface area contributed by atoms with Gasteiger partial charge in [-0.2, -0.15) is 0 Å². The smallest absolute Gasteiger partial charge is 0.254 e. The van der Waals surface area contributed by atoms with Crippen LogP contribution in [0.5, 0.6) is 5.75 Å². The van der Waals surface area contributed by atoms with Gasteiger partial charge in [0.15, 0.2) is 0 Å². The van der Waals surface area contributed by atoms with E-state index in [1.807, 2.05) is 5.01 Å². The average Bonchev–Trinajstić information content (AvgIpc) is 3.31. The van der Waals surface area contributed by atoms with Gasteiger partial charge in [0, 0.05) is 43.9 Å². The number of likely N-dealkylation sites (tertiary alicyclic amines) is 1. The van der Waals surface area contributed by atoms with Crippen LogP contribution in [0, 0.1) is 22.9 Å². The van der Waals surface area contributed by atoms with Gasteiger partial charge in [0.25, 0.3) is 5.91 Å². The Morgan fingerprint density at radius 2 is 1.64 bits per heavy atom. The van der Waals surface area contributed by atoms with Gasteiger partial charge >= 0.3 is 0 Å². The van der Waals surface area contributed by atoms with Crippen molar-refractivity contribution in [3.8, 4) is 5.75 Å². The van der Waals surface area contributed by atoms with Crippen LogP contribution in [0.1, 0.15) is 41.2 Å². The van der Waals surface area contributed by atoms with Gasteiger partial charge in [0.05, 0.1) is 18.6 Å². The highest BCUT2D eigenvalue weighted by atomic mass is 19.1. The average molecular weight is 459 g/mol. The normalized spacial score (nSPS) is 22.2. The molecule has 3 aliphatic heterocycles. The van der Waals surface area contributed by atoms with Gasteiger partial charge < -0.3 is 9.64 Å². The van der Waals surface area contributed by atoms with Gasteiger partial charge in [-0.25, -0.2) is 18.2 Å². The van der Waals surface area contributed by atoms with E-state index in [0.717, 1.165) is 6.07 Å². The summed E-state index contributed by atoms with van der Waals surface area (Å²) in [6, 6.07) is 6.88. The molecule has 3 fully saturated rings. The standard InChI is InChI=1S/C24H24F3N3O3/c1-33-20-11-16(10-19(27)13-20)22(31)28-6-3-24(4-7-28)14-29-5-2-21(30(29)23(24)32)15-8-17(25)12-18(26)9-15/h8-13,21H,2-7,14H2,1H3/t21-/m0/s1. The molecule has 3 aliphatic rings. The van der Waals surface area contributed by atoms with Crippen molar-refractivity contribution < 1.29 is 27.5 Å². The lowest BCUT2D eigenvalue weighted by molar-refractivity contribution is -0.144. The van der Waals surface area contributed by atoms with Crippen LogP contribution < -0.4 is 4.74 Å². The molecule has 9 heteroatoms. The predicted octanol–water partition coefficient (Wildman–Crippen LogP) is 3.54. The fraction of sp³-hybridized carbons (Fsp3) is 0.417. The molecule has 3 heterocycles. The van der Waals surface area contributed by atoms with Gasteiger partial charge in [-0.05, 0) is 49.1 Å². The minimum atomic E-state index is -0.661. The molecule has 2 aromatic carbocycles. The highest BCUT2D eigenvalue weighted by molar-refractivity contribution is 5.95. The van der Waals surface area contributed by atoms with Gasteiger partial charge in [0.1, 0.15) is 23.2 Å². The third-order valence-corrected chi connectivity index (χ3v) is 7.04. The van der Waals surface area contributed by atoms with E-state index in [0.29, 0.717) is 51.0 Å². The van der Waals surface area contributed by atoms with Crippen molar-refractivity contribution in [1.29, 1.82) is 0 Å². The first-order chi connectivity index (χ1) is 15.8. The quantitative estimate of drug-likeness (QED) is 0.705. The number of hydrazine groups is 1. The second-order valence-corrected chi connectivity index (χ2v) is 9.00. The van der Waals surface area contributed by atoms with Crippen LogP contribution in [0.2, 0.25) is 0 Å². The zero-order valence-electron chi connectivity index (χ0n) is 18.2. The number of halogens is 3. The Hall–Kier alpha value is -3.07. The summed E-state index contributed by atoms with van der Waals surface area (Å²) in [6.07, 6.45) is 1.55. The van der Waals surface area contributed by atoms with Crippen LogP contribution in [0.4, 0.5) is 13.2 Å². The highest BCUT2D eigenvalue weighted by Crippen LogP contribution is 2.47. The molecular weight excluding hydrogens is 435 g/mol. The molecule has 0 radical (unpaired) electrons. The largest absolute Gasteiger partial charge is 0.497 e. The Morgan fingerprint density at radius 3 is 2.30 bits per heavy atom. The van der Waals surface area contributed by atoms with Crippen molar-refractivity contribution in [2.45, 2.75) is 25.3 Å². The number of benzene rings is 2. The van der Waals surface area contributed by atoms with Crippen molar-refractivity contribution in [3.05, 3.63) is 65.0 Å². The third-order valence-electron chi connectivity index (χ3n) is 7.04. The fourth-order valence-corrected chi connectivity index (χ4v) is 5.36. The maximum absolute atomic E-state index is 13.8. The second kappa shape index (κ2) is 8.06. The summed E-state index contributed by atoms with van der Waals surface area (Å²) >= 11 is 0. The Balaban J connectivity index is 1.31. The molecule has 0 N–H and O–H groups in total. The molecule has 0 bridgehead atoms. The topological polar surface area (TPSA) is 53.1 Å². The third kappa shape index (κ3) is 3.74. The number of carbonyl (C=O) groups excluding carboxylic acids is 2. The summed E-state index contributed by atoms with van der Waals surface area (Å²) in [5.41, 5.74) is 0.0205. The summed E-state index contributed by atoms with van der Waals surface area (Å²) in [5.74, 6) is -1.97. The van der Waals surface area contributed by atoms with Gasteiger partial charge in [-0.1, -0.05) is 0 Å². The Bertz CT molecular complexity index is 1100. The minimum Gasteiger partial charge on any atom is -0.497 e. The molecule has 5 rings (SSSR count). The minimum absolute atomic E-state index is 0.0609. The number of hydrogen-bond donors (Lipinski definition) is 0. The number of hydrogen-bond acceptors (Lipinski definition) is 4. The van der Waals surface area contributed by atoms with Crippen LogP contribution in [0.25, 0.3) is 0 Å². The highest BCUT2D eigenvalue weighted by Gasteiger charge is 2.56. The number of methoxy groups -OCH3 is 1. The molecule has 1 atom stereocenters. The van der Waals surface area contributed by atoms with Gasteiger partial charge in [-0.3, -0.25) is 14.6 Å². The van der Waals surface area contributed by atoms with E-state index < -0.39 is 28.9 Å². The van der Waals surface area contributed by atoms with E-state index in [4.69, 9.17) is 4.74 Å². The second-order valence-electron chi connectivity index (χ2n) is 9.00. The zero-order valence-corrected chi connectivity index (χ0v) is 18.2. The van der Waals surface area contributed by atoms with E-state index in [1.165, 1.54) is 37.4 Å². The molecule has 0 unspecified atom stereocenters. The molecule has 0 saturated carbocycles. The molecule has 2 amide bonds. The Kier molecular flexibility index (Phi) is 5.31. The molecule has 1 spiro atoms.